The number of thiophene rings is 1. The molecule has 0 unspecified atom stereocenters. The Morgan fingerprint density at radius 2 is 1.82 bits per heavy atom. The molecule has 150 valence electrons. The summed E-state index contributed by atoms with van der Waals surface area (Å²) in [7, 11) is -3.28. The lowest BCUT2D eigenvalue weighted by Gasteiger charge is -2.19. The highest BCUT2D eigenvalue weighted by molar-refractivity contribution is 7.88. The standard InChI is InChI=1S/C20H24N2O4S2/c1-28(25,26)22(13-5-7-16-10-11-19(27-16)20(23)24)12-4-6-15-14-21-18-9-3-2-8-17(15)18/h2-3,8-11,14,21H,4-7,12-13H2,1H3,(H,23,24). The molecule has 0 aliphatic heterocycles. The maximum absolute atomic E-state index is 12.1. The fourth-order valence-corrected chi connectivity index (χ4v) is 5.09. The van der Waals surface area contributed by atoms with Crippen molar-refractivity contribution >= 4 is 38.2 Å². The van der Waals surface area contributed by atoms with Gasteiger partial charge in [0, 0.05) is 35.1 Å². The van der Waals surface area contributed by atoms with E-state index in [9.17, 15) is 13.2 Å². The highest BCUT2D eigenvalue weighted by atomic mass is 32.2. The fraction of sp³-hybridized carbons (Fsp3) is 0.350. The Labute approximate surface area is 168 Å². The molecule has 0 saturated carbocycles. The van der Waals surface area contributed by atoms with Gasteiger partial charge in [0.15, 0.2) is 0 Å². The lowest BCUT2D eigenvalue weighted by Crippen LogP contribution is -2.32. The zero-order valence-electron chi connectivity index (χ0n) is 15.7. The average molecular weight is 421 g/mol. The van der Waals surface area contributed by atoms with E-state index in [1.165, 1.54) is 32.8 Å². The SMILES string of the molecule is CS(=O)(=O)N(CCCc1ccc(C(=O)O)s1)CCCc1c[nH]c2ccccc12. The van der Waals surface area contributed by atoms with E-state index in [4.69, 9.17) is 5.11 Å². The van der Waals surface area contributed by atoms with Crippen LogP contribution in [0.15, 0.2) is 42.6 Å². The van der Waals surface area contributed by atoms with Crippen LogP contribution >= 0.6 is 11.3 Å². The van der Waals surface area contributed by atoms with Crippen molar-refractivity contribution in [2.24, 2.45) is 0 Å². The molecule has 0 fully saturated rings. The molecule has 3 aromatic rings. The first kappa shape index (κ1) is 20.6. The molecule has 0 spiro atoms. The number of hydrogen-bond donors (Lipinski definition) is 2. The number of hydrogen-bond acceptors (Lipinski definition) is 4. The van der Waals surface area contributed by atoms with E-state index < -0.39 is 16.0 Å². The third-order valence-corrected chi connectivity index (χ3v) is 7.14. The molecule has 8 heteroatoms. The summed E-state index contributed by atoms with van der Waals surface area (Å²) in [5.41, 5.74) is 2.29. The number of carboxylic acid groups (broad SMARTS) is 1. The average Bonchev–Trinajstić information content (AvgIpc) is 3.27. The number of nitrogens with one attached hydrogen (secondary N) is 1. The van der Waals surface area contributed by atoms with Crippen LogP contribution < -0.4 is 0 Å². The molecular weight excluding hydrogens is 396 g/mol. The summed E-state index contributed by atoms with van der Waals surface area (Å²) in [5.74, 6) is -0.925. The third kappa shape index (κ3) is 5.21. The summed E-state index contributed by atoms with van der Waals surface area (Å²) in [6, 6.07) is 11.5. The minimum Gasteiger partial charge on any atom is -0.477 e. The Morgan fingerprint density at radius 1 is 1.11 bits per heavy atom. The van der Waals surface area contributed by atoms with Crippen LogP contribution in [0.4, 0.5) is 0 Å². The fourth-order valence-electron chi connectivity index (χ4n) is 3.28. The van der Waals surface area contributed by atoms with E-state index in [2.05, 4.69) is 11.1 Å². The van der Waals surface area contributed by atoms with E-state index in [0.717, 1.165) is 23.2 Å². The summed E-state index contributed by atoms with van der Waals surface area (Å²) in [6.07, 6.45) is 6.13. The van der Waals surface area contributed by atoms with E-state index in [0.29, 0.717) is 30.8 Å². The van der Waals surface area contributed by atoms with Crippen molar-refractivity contribution in [3.8, 4) is 0 Å². The highest BCUT2D eigenvalue weighted by Crippen LogP contribution is 2.20. The molecule has 0 aliphatic carbocycles. The van der Waals surface area contributed by atoms with Crippen LogP contribution in [-0.4, -0.2) is 48.1 Å². The number of aromatic amines is 1. The van der Waals surface area contributed by atoms with E-state index in [-0.39, 0.29) is 0 Å². The number of H-pyrrole nitrogens is 1. The van der Waals surface area contributed by atoms with Crippen LogP contribution in [0.25, 0.3) is 10.9 Å². The highest BCUT2D eigenvalue weighted by Gasteiger charge is 2.16. The zero-order chi connectivity index (χ0) is 20.1. The van der Waals surface area contributed by atoms with Gasteiger partial charge in [-0.05, 0) is 49.4 Å². The second-order valence-corrected chi connectivity index (χ2v) is 9.95. The van der Waals surface area contributed by atoms with Gasteiger partial charge in [-0.1, -0.05) is 18.2 Å². The lowest BCUT2D eigenvalue weighted by atomic mass is 10.1. The van der Waals surface area contributed by atoms with Gasteiger partial charge in [-0.2, -0.15) is 0 Å². The number of para-hydroxylation sites is 1. The zero-order valence-corrected chi connectivity index (χ0v) is 17.4. The number of aryl methyl sites for hydroxylation is 2. The van der Waals surface area contributed by atoms with E-state index >= 15 is 0 Å². The van der Waals surface area contributed by atoms with E-state index in [1.807, 2.05) is 24.4 Å². The lowest BCUT2D eigenvalue weighted by molar-refractivity contribution is 0.0702. The van der Waals surface area contributed by atoms with Crippen LogP contribution in [0, 0.1) is 0 Å². The Kier molecular flexibility index (Phi) is 6.53. The first-order chi connectivity index (χ1) is 13.3. The summed E-state index contributed by atoms with van der Waals surface area (Å²) in [4.78, 5) is 15.5. The molecule has 0 radical (unpaired) electrons. The number of sulfonamides is 1. The van der Waals surface area contributed by atoms with Crippen molar-refractivity contribution in [2.45, 2.75) is 25.7 Å². The molecule has 0 amide bonds. The van der Waals surface area contributed by atoms with Crippen molar-refractivity contribution in [1.82, 2.24) is 9.29 Å². The maximum Gasteiger partial charge on any atom is 0.345 e. The molecule has 0 atom stereocenters. The number of nitrogens with zero attached hydrogens (tertiary/aromatic N) is 1. The van der Waals surface area contributed by atoms with Gasteiger partial charge in [0.25, 0.3) is 0 Å². The van der Waals surface area contributed by atoms with Crippen molar-refractivity contribution in [3.05, 3.63) is 57.9 Å². The predicted molar refractivity (Wildman–Crippen MR) is 113 cm³/mol. The first-order valence-corrected chi connectivity index (χ1v) is 11.8. The van der Waals surface area contributed by atoms with Gasteiger partial charge in [-0.15, -0.1) is 11.3 Å². The molecule has 0 bridgehead atoms. The van der Waals surface area contributed by atoms with Gasteiger partial charge in [0.2, 0.25) is 10.0 Å². The topological polar surface area (TPSA) is 90.5 Å². The molecule has 0 saturated heterocycles. The van der Waals surface area contributed by atoms with Crippen LogP contribution in [0.1, 0.15) is 33.0 Å². The summed E-state index contributed by atoms with van der Waals surface area (Å²) >= 11 is 1.25. The van der Waals surface area contributed by atoms with Gasteiger partial charge < -0.3 is 10.1 Å². The number of benzene rings is 1. The molecule has 2 heterocycles. The number of fused-ring (bicyclic) bond motifs is 1. The third-order valence-electron chi connectivity index (χ3n) is 4.70. The predicted octanol–water partition coefficient (Wildman–Crippen LogP) is 3.75. The quantitative estimate of drug-likeness (QED) is 0.523. The Morgan fingerprint density at radius 3 is 2.50 bits per heavy atom. The normalized spacial score (nSPS) is 12.1. The molecule has 0 aliphatic rings. The molecule has 1 aromatic carbocycles. The minimum absolute atomic E-state index is 0.314. The molecule has 2 N–H and O–H groups in total. The number of carboxylic acids is 1. The summed E-state index contributed by atoms with van der Waals surface area (Å²) in [6.45, 7) is 0.913. The van der Waals surface area contributed by atoms with Gasteiger partial charge in [0.1, 0.15) is 4.88 Å². The largest absolute Gasteiger partial charge is 0.477 e. The smallest absolute Gasteiger partial charge is 0.345 e. The number of aromatic nitrogens is 1. The van der Waals surface area contributed by atoms with Crippen molar-refractivity contribution in [3.63, 3.8) is 0 Å². The van der Waals surface area contributed by atoms with Gasteiger partial charge in [-0.3, -0.25) is 0 Å². The van der Waals surface area contributed by atoms with Crippen LogP contribution in [0.3, 0.4) is 0 Å². The van der Waals surface area contributed by atoms with E-state index in [1.54, 1.807) is 12.1 Å². The molecular formula is C20H24N2O4S2. The Balaban J connectivity index is 1.53. The second-order valence-electron chi connectivity index (χ2n) is 6.80. The van der Waals surface area contributed by atoms with Gasteiger partial charge >= 0.3 is 5.97 Å². The number of carbonyl (C=O) groups is 1. The van der Waals surface area contributed by atoms with Crippen LogP contribution in [0.5, 0.6) is 0 Å². The van der Waals surface area contributed by atoms with Crippen LogP contribution in [-0.2, 0) is 22.9 Å². The second kappa shape index (κ2) is 8.89. The maximum atomic E-state index is 12.1. The number of rotatable bonds is 10. The first-order valence-electron chi connectivity index (χ1n) is 9.17. The Hall–Kier alpha value is -2.16. The summed E-state index contributed by atoms with van der Waals surface area (Å²) < 4.78 is 25.8. The van der Waals surface area contributed by atoms with Crippen LogP contribution in [0.2, 0.25) is 0 Å². The summed E-state index contributed by atoms with van der Waals surface area (Å²) in [5, 5.41) is 10.2. The van der Waals surface area contributed by atoms with Crippen molar-refractivity contribution in [2.75, 3.05) is 19.3 Å². The molecule has 28 heavy (non-hydrogen) atoms. The Bertz CT molecular complexity index is 1050. The monoisotopic (exact) mass is 420 g/mol. The minimum atomic E-state index is -3.28. The molecule has 3 rings (SSSR count). The van der Waals surface area contributed by atoms with Crippen molar-refractivity contribution < 1.29 is 18.3 Å². The van der Waals surface area contributed by atoms with Gasteiger partial charge in [0.05, 0.1) is 6.26 Å². The van der Waals surface area contributed by atoms with Crippen molar-refractivity contribution in [1.29, 1.82) is 0 Å². The number of aromatic carboxylic acids is 1. The van der Waals surface area contributed by atoms with Gasteiger partial charge in [-0.25, -0.2) is 17.5 Å². The molecule has 6 nitrogen and oxygen atoms in total. The molecule has 2 aromatic heterocycles.